The van der Waals surface area contributed by atoms with Crippen LogP contribution in [0.25, 0.3) is 0 Å². The Morgan fingerprint density at radius 2 is 2.06 bits per heavy atom. The van der Waals surface area contributed by atoms with Gasteiger partial charge in [0.15, 0.2) is 17.7 Å². The van der Waals surface area contributed by atoms with Crippen LogP contribution in [0.15, 0.2) is 12.1 Å². The second-order valence-corrected chi connectivity index (χ2v) is 4.57. The van der Waals surface area contributed by atoms with Gasteiger partial charge in [0.2, 0.25) is 0 Å². The highest BCUT2D eigenvalue weighted by molar-refractivity contribution is 5.71. The van der Waals surface area contributed by atoms with E-state index in [0.29, 0.717) is 23.8 Å². The Morgan fingerprint density at radius 3 is 2.83 bits per heavy atom. The Hall–Kier alpha value is -1.66. The predicted molar refractivity (Wildman–Crippen MR) is 70.0 cm³/mol. The first-order valence-corrected chi connectivity index (χ1v) is 6.18. The van der Waals surface area contributed by atoms with Gasteiger partial charge in [-0.25, -0.2) is 0 Å². The molecule has 0 spiro atoms. The summed E-state index contributed by atoms with van der Waals surface area (Å²) in [7, 11) is 0. The zero-order valence-corrected chi connectivity index (χ0v) is 10.2. The van der Waals surface area contributed by atoms with Crippen molar-refractivity contribution in [2.75, 3.05) is 43.4 Å². The van der Waals surface area contributed by atoms with Crippen LogP contribution in [-0.2, 0) is 0 Å². The lowest BCUT2D eigenvalue weighted by Crippen LogP contribution is -2.44. The maximum Gasteiger partial charge on any atom is 0.187 e. The molecule has 0 saturated carbocycles. The van der Waals surface area contributed by atoms with E-state index in [1.165, 1.54) is 0 Å². The molecule has 3 rings (SSSR count). The Labute approximate surface area is 106 Å². The highest BCUT2D eigenvalue weighted by Crippen LogP contribution is 2.42. The molecule has 0 aliphatic carbocycles. The molecule has 1 atom stereocenters. The number of piperazine rings is 1. The Balaban J connectivity index is 1.99. The van der Waals surface area contributed by atoms with Crippen LogP contribution in [0, 0.1) is 0 Å². The van der Waals surface area contributed by atoms with Gasteiger partial charge in [-0.05, 0) is 6.07 Å². The van der Waals surface area contributed by atoms with Gasteiger partial charge in [-0.15, -0.1) is 0 Å². The van der Waals surface area contributed by atoms with Crippen LogP contribution in [0.1, 0.15) is 0 Å². The molecule has 1 saturated heterocycles. The summed E-state index contributed by atoms with van der Waals surface area (Å²) in [5.41, 5.74) is 13.3. The van der Waals surface area contributed by atoms with Crippen molar-refractivity contribution in [2.45, 2.75) is 6.23 Å². The third kappa shape index (κ3) is 2.04. The van der Waals surface area contributed by atoms with E-state index in [2.05, 4.69) is 10.2 Å². The van der Waals surface area contributed by atoms with Crippen LogP contribution < -0.4 is 31.2 Å². The van der Waals surface area contributed by atoms with Crippen molar-refractivity contribution in [3.8, 4) is 11.5 Å². The van der Waals surface area contributed by atoms with E-state index in [4.69, 9.17) is 20.9 Å². The van der Waals surface area contributed by atoms with E-state index in [9.17, 15) is 0 Å². The number of fused-ring (bicyclic) bond motifs is 1. The summed E-state index contributed by atoms with van der Waals surface area (Å²) in [6.45, 7) is 4.12. The molecule has 1 fully saturated rings. The molecule has 98 valence electrons. The molecule has 5 N–H and O–H groups in total. The van der Waals surface area contributed by atoms with Gasteiger partial charge in [-0.3, -0.25) is 5.73 Å². The van der Waals surface area contributed by atoms with Crippen molar-refractivity contribution < 1.29 is 9.47 Å². The summed E-state index contributed by atoms with van der Waals surface area (Å²) in [6.07, 6.45) is -0.414. The van der Waals surface area contributed by atoms with E-state index in [1.807, 2.05) is 6.07 Å². The van der Waals surface area contributed by atoms with E-state index in [-0.39, 0.29) is 0 Å². The summed E-state index contributed by atoms with van der Waals surface area (Å²) in [5.74, 6) is 1.40. The van der Waals surface area contributed by atoms with Crippen LogP contribution in [-0.4, -0.2) is 39.0 Å². The smallest absolute Gasteiger partial charge is 0.187 e. The van der Waals surface area contributed by atoms with E-state index in [0.717, 1.165) is 31.9 Å². The highest BCUT2D eigenvalue weighted by Gasteiger charge is 2.25. The molecule has 6 nitrogen and oxygen atoms in total. The van der Waals surface area contributed by atoms with Crippen LogP contribution in [0.2, 0.25) is 0 Å². The van der Waals surface area contributed by atoms with Crippen LogP contribution in [0.3, 0.4) is 0 Å². The number of hydrogen-bond donors (Lipinski definition) is 3. The first-order valence-electron chi connectivity index (χ1n) is 6.18. The SMILES string of the molecule is Nc1cc2c(c(N3CCNCC3)c1)OC(N)CO2. The molecule has 1 aromatic carbocycles. The van der Waals surface area contributed by atoms with Gasteiger partial charge in [0.05, 0.1) is 5.69 Å². The monoisotopic (exact) mass is 250 g/mol. The third-order valence-electron chi connectivity index (χ3n) is 3.19. The lowest BCUT2D eigenvalue weighted by Gasteiger charge is -2.34. The number of rotatable bonds is 1. The van der Waals surface area contributed by atoms with Crippen molar-refractivity contribution in [2.24, 2.45) is 5.73 Å². The second-order valence-electron chi connectivity index (χ2n) is 4.57. The maximum absolute atomic E-state index is 5.91. The van der Waals surface area contributed by atoms with Crippen molar-refractivity contribution in [3.05, 3.63) is 12.1 Å². The van der Waals surface area contributed by atoms with E-state index in [1.54, 1.807) is 6.07 Å². The fourth-order valence-electron chi connectivity index (χ4n) is 2.33. The average Bonchev–Trinajstić information content (AvgIpc) is 2.39. The minimum atomic E-state index is -0.414. The van der Waals surface area contributed by atoms with Crippen LogP contribution in [0.4, 0.5) is 11.4 Å². The van der Waals surface area contributed by atoms with Crippen LogP contribution in [0.5, 0.6) is 11.5 Å². The summed E-state index contributed by atoms with van der Waals surface area (Å²) in [5, 5.41) is 3.32. The number of nitrogens with two attached hydrogens (primary N) is 2. The lowest BCUT2D eigenvalue weighted by molar-refractivity contribution is 0.0963. The van der Waals surface area contributed by atoms with E-state index >= 15 is 0 Å². The Morgan fingerprint density at radius 1 is 1.28 bits per heavy atom. The number of ether oxygens (including phenoxy) is 2. The van der Waals surface area contributed by atoms with Crippen molar-refractivity contribution in [1.29, 1.82) is 0 Å². The zero-order valence-electron chi connectivity index (χ0n) is 10.2. The largest absolute Gasteiger partial charge is 0.484 e. The fraction of sp³-hybridized carbons (Fsp3) is 0.500. The molecule has 2 aliphatic heterocycles. The van der Waals surface area contributed by atoms with Crippen LogP contribution >= 0.6 is 0 Å². The van der Waals surface area contributed by atoms with Gasteiger partial charge in [-0.1, -0.05) is 0 Å². The van der Waals surface area contributed by atoms with Gasteiger partial charge in [0.1, 0.15) is 6.61 Å². The molecule has 1 aromatic rings. The molecule has 6 heteroatoms. The Bertz CT molecular complexity index is 446. The number of benzene rings is 1. The fourth-order valence-corrected chi connectivity index (χ4v) is 2.33. The topological polar surface area (TPSA) is 85.8 Å². The normalized spacial score (nSPS) is 22.9. The number of hydrogen-bond acceptors (Lipinski definition) is 6. The second kappa shape index (κ2) is 4.55. The van der Waals surface area contributed by atoms with Gasteiger partial charge in [-0.2, -0.15) is 0 Å². The first kappa shape index (κ1) is 11.4. The number of anilines is 2. The number of nitrogens with one attached hydrogen (secondary N) is 1. The third-order valence-corrected chi connectivity index (χ3v) is 3.19. The predicted octanol–water partition coefficient (Wildman–Crippen LogP) is -0.266. The molecule has 2 aliphatic rings. The number of nitrogens with zero attached hydrogens (tertiary/aromatic N) is 1. The summed E-state index contributed by atoms with van der Waals surface area (Å²) < 4.78 is 11.3. The summed E-state index contributed by atoms with van der Waals surface area (Å²) in [4.78, 5) is 2.24. The molecule has 0 aromatic heterocycles. The average molecular weight is 250 g/mol. The lowest BCUT2D eigenvalue weighted by atomic mass is 10.2. The standard InChI is InChI=1S/C12H18N4O2/c13-8-5-9(16-3-1-15-2-4-16)12-10(6-8)17-7-11(14)18-12/h5-6,11,15H,1-4,7,13-14H2. The highest BCUT2D eigenvalue weighted by atomic mass is 16.6. The van der Waals surface area contributed by atoms with Gasteiger partial charge in [0.25, 0.3) is 0 Å². The summed E-state index contributed by atoms with van der Waals surface area (Å²) >= 11 is 0. The Kier molecular flexibility index (Phi) is 2.89. The first-order chi connectivity index (χ1) is 8.74. The molecule has 0 radical (unpaired) electrons. The molecule has 0 amide bonds. The minimum Gasteiger partial charge on any atom is -0.484 e. The van der Waals surface area contributed by atoms with Crippen molar-refractivity contribution >= 4 is 11.4 Å². The quantitative estimate of drug-likeness (QED) is 0.595. The summed E-state index contributed by atoms with van der Waals surface area (Å²) in [6, 6.07) is 3.71. The number of nitrogen functional groups attached to an aromatic ring is 1. The van der Waals surface area contributed by atoms with Gasteiger partial charge < -0.3 is 25.4 Å². The molecule has 1 unspecified atom stereocenters. The maximum atomic E-state index is 5.91. The zero-order chi connectivity index (χ0) is 12.5. The van der Waals surface area contributed by atoms with E-state index < -0.39 is 6.23 Å². The van der Waals surface area contributed by atoms with Crippen molar-refractivity contribution in [1.82, 2.24) is 5.32 Å². The van der Waals surface area contributed by atoms with Gasteiger partial charge in [0, 0.05) is 37.9 Å². The van der Waals surface area contributed by atoms with Gasteiger partial charge >= 0.3 is 0 Å². The molecule has 0 bridgehead atoms. The molecular formula is C12H18N4O2. The molecule has 2 heterocycles. The van der Waals surface area contributed by atoms with Crippen molar-refractivity contribution in [3.63, 3.8) is 0 Å². The molecular weight excluding hydrogens is 232 g/mol. The molecule has 18 heavy (non-hydrogen) atoms. The minimum absolute atomic E-state index is 0.359.